The Kier molecular flexibility index (Phi) is 6.10. The third-order valence-electron chi connectivity index (χ3n) is 2.61. The van der Waals surface area contributed by atoms with Crippen molar-refractivity contribution in [3.63, 3.8) is 0 Å². The first-order chi connectivity index (χ1) is 8.57. The summed E-state index contributed by atoms with van der Waals surface area (Å²) in [5, 5.41) is 0. The number of aliphatic imine (C=N–C) groups is 1. The van der Waals surface area contributed by atoms with Crippen LogP contribution in [0.2, 0.25) is 0 Å². The third-order valence-corrected chi connectivity index (χ3v) is 4.46. The van der Waals surface area contributed by atoms with Crippen LogP contribution in [0, 0.1) is 0 Å². The Morgan fingerprint density at radius 2 is 1.94 bits per heavy atom. The molecule has 1 aromatic rings. The standard InChI is InChI=1S/C13H20NO3P/c1-16-13-7-5-12(6-8-13)11-14-9-4-10-18(3,15)17-2/h5-9H,4,10-11H2,1-3H3. The fraction of sp³-hybridized carbons (Fsp3) is 0.462. The quantitative estimate of drug-likeness (QED) is 0.564. The normalized spacial score (nSPS) is 14.6. The van der Waals surface area contributed by atoms with E-state index in [9.17, 15) is 4.57 Å². The average molecular weight is 269 g/mol. The van der Waals surface area contributed by atoms with Gasteiger partial charge in [-0.15, -0.1) is 0 Å². The molecule has 0 N–H and O–H groups in total. The molecule has 0 spiro atoms. The van der Waals surface area contributed by atoms with Crippen LogP contribution in [0.3, 0.4) is 0 Å². The predicted molar refractivity (Wildman–Crippen MR) is 75.2 cm³/mol. The Hall–Kier alpha value is -1.12. The molecule has 0 radical (unpaired) electrons. The van der Waals surface area contributed by atoms with E-state index < -0.39 is 7.37 Å². The van der Waals surface area contributed by atoms with E-state index in [1.54, 1.807) is 20.0 Å². The van der Waals surface area contributed by atoms with Crippen molar-refractivity contribution in [2.75, 3.05) is 27.0 Å². The number of ether oxygens (including phenoxy) is 1. The van der Waals surface area contributed by atoms with Gasteiger partial charge in [-0.25, -0.2) is 0 Å². The zero-order valence-electron chi connectivity index (χ0n) is 11.1. The smallest absolute Gasteiger partial charge is 0.200 e. The van der Waals surface area contributed by atoms with Crippen LogP contribution in [-0.4, -0.2) is 33.3 Å². The summed E-state index contributed by atoms with van der Waals surface area (Å²) in [7, 11) is 0.722. The minimum atomic E-state index is -2.40. The number of benzene rings is 1. The molecule has 18 heavy (non-hydrogen) atoms. The summed E-state index contributed by atoms with van der Waals surface area (Å²) in [6.07, 6.45) is 3.02. The first kappa shape index (κ1) is 14.9. The van der Waals surface area contributed by atoms with Crippen molar-refractivity contribution in [1.82, 2.24) is 0 Å². The van der Waals surface area contributed by atoms with E-state index in [0.717, 1.165) is 11.3 Å². The largest absolute Gasteiger partial charge is 0.497 e. The lowest BCUT2D eigenvalue weighted by atomic mass is 10.2. The maximum atomic E-state index is 11.6. The number of rotatable bonds is 7. The molecule has 1 unspecified atom stereocenters. The van der Waals surface area contributed by atoms with Gasteiger partial charge >= 0.3 is 0 Å². The van der Waals surface area contributed by atoms with Crippen molar-refractivity contribution in [3.8, 4) is 5.75 Å². The van der Waals surface area contributed by atoms with Gasteiger partial charge in [0, 0.05) is 19.9 Å². The highest BCUT2D eigenvalue weighted by molar-refractivity contribution is 7.58. The molecule has 0 saturated heterocycles. The Labute approximate surface area is 108 Å². The van der Waals surface area contributed by atoms with Gasteiger partial charge in [0.1, 0.15) is 5.75 Å². The van der Waals surface area contributed by atoms with Gasteiger partial charge in [-0.3, -0.25) is 9.56 Å². The summed E-state index contributed by atoms with van der Waals surface area (Å²) >= 11 is 0. The highest BCUT2D eigenvalue weighted by atomic mass is 31.2. The van der Waals surface area contributed by atoms with Gasteiger partial charge in [0.05, 0.1) is 13.7 Å². The highest BCUT2D eigenvalue weighted by Crippen LogP contribution is 2.41. The monoisotopic (exact) mass is 269 g/mol. The van der Waals surface area contributed by atoms with Gasteiger partial charge in [-0.05, 0) is 30.3 Å². The summed E-state index contributed by atoms with van der Waals surface area (Å²) in [5.74, 6) is 0.842. The molecule has 0 amide bonds. The molecule has 0 bridgehead atoms. The molecule has 0 aliphatic carbocycles. The average Bonchev–Trinajstić information content (AvgIpc) is 2.39. The molecule has 0 saturated carbocycles. The molecule has 0 aliphatic rings. The highest BCUT2D eigenvalue weighted by Gasteiger charge is 2.11. The fourth-order valence-electron chi connectivity index (χ4n) is 1.38. The Morgan fingerprint density at radius 1 is 1.28 bits per heavy atom. The van der Waals surface area contributed by atoms with Gasteiger partial charge in [0.25, 0.3) is 0 Å². The SMILES string of the molecule is COc1ccc(CN=CCCP(C)(=O)OC)cc1. The van der Waals surface area contributed by atoms with Crippen molar-refractivity contribution in [1.29, 1.82) is 0 Å². The van der Waals surface area contributed by atoms with Crippen molar-refractivity contribution < 1.29 is 13.8 Å². The summed E-state index contributed by atoms with van der Waals surface area (Å²) in [6.45, 7) is 2.27. The number of methoxy groups -OCH3 is 1. The van der Waals surface area contributed by atoms with Crippen molar-refractivity contribution in [3.05, 3.63) is 29.8 Å². The van der Waals surface area contributed by atoms with Gasteiger partial charge < -0.3 is 9.26 Å². The topological polar surface area (TPSA) is 47.9 Å². The molecule has 0 aliphatic heterocycles. The minimum absolute atomic E-state index is 0.537. The second-order valence-electron chi connectivity index (χ2n) is 4.08. The lowest BCUT2D eigenvalue weighted by molar-refractivity contribution is 0.399. The molecule has 0 fully saturated rings. The molecule has 1 atom stereocenters. The van der Waals surface area contributed by atoms with Crippen LogP contribution in [0.1, 0.15) is 12.0 Å². The number of nitrogens with zero attached hydrogens (tertiary/aromatic N) is 1. The van der Waals surface area contributed by atoms with E-state index in [4.69, 9.17) is 9.26 Å². The maximum Gasteiger partial charge on any atom is 0.200 e. The first-order valence-electron chi connectivity index (χ1n) is 5.81. The molecule has 4 nitrogen and oxygen atoms in total. The lowest BCUT2D eigenvalue weighted by Crippen LogP contribution is -1.92. The molecular formula is C13H20NO3P. The number of hydrogen-bond donors (Lipinski definition) is 0. The predicted octanol–water partition coefficient (Wildman–Crippen LogP) is 3.21. The van der Waals surface area contributed by atoms with E-state index in [-0.39, 0.29) is 0 Å². The zero-order valence-corrected chi connectivity index (χ0v) is 12.0. The molecule has 100 valence electrons. The van der Waals surface area contributed by atoms with Crippen LogP contribution in [0.25, 0.3) is 0 Å². The van der Waals surface area contributed by atoms with E-state index in [1.165, 1.54) is 7.11 Å². The van der Waals surface area contributed by atoms with E-state index >= 15 is 0 Å². The van der Waals surface area contributed by atoms with Crippen molar-refractivity contribution in [2.45, 2.75) is 13.0 Å². The van der Waals surface area contributed by atoms with Gasteiger partial charge in [-0.1, -0.05) is 12.1 Å². The number of hydrogen-bond acceptors (Lipinski definition) is 4. The molecule has 1 aromatic carbocycles. The van der Waals surface area contributed by atoms with Gasteiger partial charge in [0.15, 0.2) is 7.37 Å². The minimum Gasteiger partial charge on any atom is -0.497 e. The van der Waals surface area contributed by atoms with Crippen LogP contribution in [0.4, 0.5) is 0 Å². The third kappa shape index (κ3) is 5.48. The molecule has 1 rings (SSSR count). The maximum absolute atomic E-state index is 11.6. The van der Waals surface area contributed by atoms with Gasteiger partial charge in [-0.2, -0.15) is 0 Å². The molecule has 0 aromatic heterocycles. The van der Waals surface area contributed by atoms with E-state index in [2.05, 4.69) is 4.99 Å². The second-order valence-corrected chi connectivity index (χ2v) is 6.92. The molecule has 5 heteroatoms. The van der Waals surface area contributed by atoms with Crippen LogP contribution in [0.15, 0.2) is 29.3 Å². The van der Waals surface area contributed by atoms with Crippen molar-refractivity contribution in [2.24, 2.45) is 4.99 Å². The first-order valence-corrected chi connectivity index (χ1v) is 8.06. The molecular weight excluding hydrogens is 249 g/mol. The van der Waals surface area contributed by atoms with Crippen LogP contribution < -0.4 is 4.74 Å². The van der Waals surface area contributed by atoms with Crippen LogP contribution in [0.5, 0.6) is 5.75 Å². The Bertz CT molecular complexity index is 428. The second kappa shape index (κ2) is 7.34. The summed E-state index contributed by atoms with van der Waals surface area (Å²) < 4.78 is 21.6. The van der Waals surface area contributed by atoms with Gasteiger partial charge in [0.2, 0.25) is 0 Å². The zero-order chi connectivity index (χ0) is 13.4. The summed E-state index contributed by atoms with van der Waals surface area (Å²) in [5.41, 5.74) is 1.12. The summed E-state index contributed by atoms with van der Waals surface area (Å²) in [4.78, 5) is 4.29. The molecule has 0 heterocycles. The fourth-order valence-corrected chi connectivity index (χ4v) is 2.14. The van der Waals surface area contributed by atoms with Crippen LogP contribution in [-0.2, 0) is 15.6 Å². The van der Waals surface area contributed by atoms with Crippen molar-refractivity contribution >= 4 is 13.6 Å². The Morgan fingerprint density at radius 3 is 2.50 bits per heavy atom. The van der Waals surface area contributed by atoms with E-state index in [1.807, 2.05) is 24.3 Å². The van der Waals surface area contributed by atoms with E-state index in [0.29, 0.717) is 19.1 Å². The summed E-state index contributed by atoms with van der Waals surface area (Å²) in [6, 6.07) is 7.79. The lowest BCUT2D eigenvalue weighted by Gasteiger charge is -2.07. The Balaban J connectivity index is 2.34. The van der Waals surface area contributed by atoms with Crippen LogP contribution >= 0.6 is 7.37 Å².